The normalized spacial score (nSPS) is 9.95. The van der Waals surface area contributed by atoms with Crippen molar-refractivity contribution in [3.8, 4) is 5.75 Å². The lowest BCUT2D eigenvalue weighted by Gasteiger charge is -2.08. The summed E-state index contributed by atoms with van der Waals surface area (Å²) in [6.07, 6.45) is 0.680. The number of aliphatic carboxylic acids is 1. The molecule has 0 unspecified atom stereocenters. The maximum absolute atomic E-state index is 11.4. The number of carbonyl (C=O) groups is 2. The first-order chi connectivity index (χ1) is 9.13. The van der Waals surface area contributed by atoms with Gasteiger partial charge in [-0.25, -0.2) is 0 Å². The summed E-state index contributed by atoms with van der Waals surface area (Å²) < 4.78 is 5.21. The second-order valence-electron chi connectivity index (χ2n) is 3.80. The molecule has 1 aromatic rings. The van der Waals surface area contributed by atoms with E-state index in [0.29, 0.717) is 13.0 Å². The number of hydrogen-bond donors (Lipinski definition) is 2. The molecule has 0 aromatic heterocycles. The average Bonchev–Trinajstić information content (AvgIpc) is 2.39. The number of carbonyl (C=O) groups excluding carboxylic acids is 1. The van der Waals surface area contributed by atoms with E-state index in [1.807, 2.05) is 24.3 Å². The van der Waals surface area contributed by atoms with Gasteiger partial charge >= 0.3 is 5.97 Å². The lowest BCUT2D eigenvalue weighted by molar-refractivity contribution is -0.133. The molecule has 104 valence electrons. The molecule has 1 aromatic carbocycles. The fourth-order valence-electron chi connectivity index (χ4n) is 1.53. The van der Waals surface area contributed by atoms with Crippen LogP contribution >= 0.6 is 11.8 Å². The third-order valence-electron chi connectivity index (χ3n) is 2.37. The highest BCUT2D eigenvalue weighted by Crippen LogP contribution is 2.17. The first-order valence-electron chi connectivity index (χ1n) is 5.81. The number of nitrogens with one attached hydrogen (secondary N) is 1. The molecule has 0 aliphatic rings. The van der Waals surface area contributed by atoms with E-state index in [2.05, 4.69) is 5.32 Å². The summed E-state index contributed by atoms with van der Waals surface area (Å²) in [6, 6.07) is 7.63. The van der Waals surface area contributed by atoms with Gasteiger partial charge in [0.2, 0.25) is 5.91 Å². The van der Waals surface area contributed by atoms with Crippen LogP contribution in [0.2, 0.25) is 0 Å². The van der Waals surface area contributed by atoms with Crippen LogP contribution in [0.15, 0.2) is 24.3 Å². The van der Waals surface area contributed by atoms with Gasteiger partial charge in [0.05, 0.1) is 18.6 Å². The average molecular weight is 283 g/mol. The molecule has 2 N–H and O–H groups in total. The Hall–Kier alpha value is -1.69. The molecule has 19 heavy (non-hydrogen) atoms. The Balaban J connectivity index is 2.26. The van der Waals surface area contributed by atoms with Crippen molar-refractivity contribution >= 4 is 23.6 Å². The van der Waals surface area contributed by atoms with Gasteiger partial charge in [0.1, 0.15) is 5.75 Å². The van der Waals surface area contributed by atoms with Crippen LogP contribution in [-0.4, -0.2) is 42.1 Å². The number of carboxylic acid groups (broad SMARTS) is 1. The van der Waals surface area contributed by atoms with Crippen LogP contribution in [-0.2, 0) is 16.0 Å². The van der Waals surface area contributed by atoms with Crippen LogP contribution in [0.25, 0.3) is 0 Å². The van der Waals surface area contributed by atoms with Crippen LogP contribution in [0.4, 0.5) is 0 Å². The molecule has 0 heterocycles. The molecule has 1 rings (SSSR count). The Bertz CT molecular complexity index is 436. The molecule has 0 saturated carbocycles. The van der Waals surface area contributed by atoms with E-state index >= 15 is 0 Å². The minimum absolute atomic E-state index is 0.0556. The Kier molecular flexibility index (Phi) is 6.81. The van der Waals surface area contributed by atoms with E-state index in [9.17, 15) is 9.59 Å². The van der Waals surface area contributed by atoms with Gasteiger partial charge in [0, 0.05) is 6.54 Å². The summed E-state index contributed by atoms with van der Waals surface area (Å²) in [5.74, 6) is -0.150. The van der Waals surface area contributed by atoms with E-state index in [1.165, 1.54) is 0 Å². The van der Waals surface area contributed by atoms with Crippen LogP contribution in [0.3, 0.4) is 0 Å². The highest BCUT2D eigenvalue weighted by molar-refractivity contribution is 8.00. The van der Waals surface area contributed by atoms with Gasteiger partial charge in [0.15, 0.2) is 0 Å². The van der Waals surface area contributed by atoms with Gasteiger partial charge in [-0.05, 0) is 18.1 Å². The van der Waals surface area contributed by atoms with Gasteiger partial charge in [-0.15, -0.1) is 11.8 Å². The van der Waals surface area contributed by atoms with Crippen molar-refractivity contribution in [3.63, 3.8) is 0 Å². The predicted octanol–water partition coefficient (Wildman–Crippen LogP) is 1.17. The van der Waals surface area contributed by atoms with Gasteiger partial charge in [-0.3, -0.25) is 9.59 Å². The SMILES string of the molecule is COc1ccccc1CCNC(=O)CSCC(=O)O. The molecule has 0 aliphatic carbocycles. The van der Waals surface area contributed by atoms with Crippen molar-refractivity contribution in [3.05, 3.63) is 29.8 Å². The zero-order chi connectivity index (χ0) is 14.1. The number of ether oxygens (including phenoxy) is 1. The van der Waals surface area contributed by atoms with Crippen molar-refractivity contribution in [1.82, 2.24) is 5.32 Å². The highest BCUT2D eigenvalue weighted by Gasteiger charge is 2.05. The monoisotopic (exact) mass is 283 g/mol. The molecule has 0 aliphatic heterocycles. The molecule has 5 nitrogen and oxygen atoms in total. The first-order valence-corrected chi connectivity index (χ1v) is 6.97. The molecule has 0 fully saturated rings. The van der Waals surface area contributed by atoms with E-state index in [4.69, 9.17) is 9.84 Å². The molecule has 0 saturated heterocycles. The summed E-state index contributed by atoms with van der Waals surface area (Å²) in [6.45, 7) is 0.507. The second kappa shape index (κ2) is 8.42. The molecule has 0 bridgehead atoms. The van der Waals surface area contributed by atoms with Gasteiger partial charge < -0.3 is 15.2 Å². The lowest BCUT2D eigenvalue weighted by atomic mass is 10.1. The van der Waals surface area contributed by atoms with Gasteiger partial charge in [0.25, 0.3) is 0 Å². The van der Waals surface area contributed by atoms with Crippen LogP contribution in [0.5, 0.6) is 5.75 Å². The number of rotatable bonds is 8. The van der Waals surface area contributed by atoms with E-state index < -0.39 is 5.97 Å². The summed E-state index contributed by atoms with van der Waals surface area (Å²) in [5, 5.41) is 11.2. The maximum atomic E-state index is 11.4. The van der Waals surface area contributed by atoms with Crippen LogP contribution in [0, 0.1) is 0 Å². The van der Waals surface area contributed by atoms with Crippen molar-refractivity contribution < 1.29 is 19.4 Å². The summed E-state index contributed by atoms with van der Waals surface area (Å²) in [7, 11) is 1.61. The van der Waals surface area contributed by atoms with Crippen LogP contribution < -0.4 is 10.1 Å². The summed E-state index contributed by atoms with van der Waals surface area (Å²) in [5.41, 5.74) is 1.03. The van der Waals surface area contributed by atoms with E-state index in [-0.39, 0.29) is 17.4 Å². The number of methoxy groups -OCH3 is 1. The van der Waals surface area contributed by atoms with Crippen molar-refractivity contribution in [1.29, 1.82) is 0 Å². The molecular formula is C13H17NO4S. The fourth-order valence-corrected chi connectivity index (χ4v) is 2.09. The molecular weight excluding hydrogens is 266 g/mol. The third-order valence-corrected chi connectivity index (χ3v) is 3.29. The lowest BCUT2D eigenvalue weighted by Crippen LogP contribution is -2.27. The molecule has 0 radical (unpaired) electrons. The summed E-state index contributed by atoms with van der Waals surface area (Å²) >= 11 is 1.09. The minimum atomic E-state index is -0.910. The second-order valence-corrected chi connectivity index (χ2v) is 4.78. The topological polar surface area (TPSA) is 75.6 Å². The minimum Gasteiger partial charge on any atom is -0.496 e. The molecule has 1 amide bonds. The molecule has 0 spiro atoms. The Morgan fingerprint density at radius 1 is 1.32 bits per heavy atom. The first kappa shape index (κ1) is 15.4. The smallest absolute Gasteiger partial charge is 0.313 e. The zero-order valence-corrected chi connectivity index (χ0v) is 11.5. The molecule has 0 atom stereocenters. The third kappa shape index (κ3) is 6.15. The number of carboxylic acids is 1. The zero-order valence-electron chi connectivity index (χ0n) is 10.7. The fraction of sp³-hybridized carbons (Fsp3) is 0.385. The Morgan fingerprint density at radius 3 is 2.74 bits per heavy atom. The van der Waals surface area contributed by atoms with Crippen molar-refractivity contribution in [2.24, 2.45) is 0 Å². The number of benzene rings is 1. The molecule has 6 heteroatoms. The van der Waals surface area contributed by atoms with Gasteiger partial charge in [-0.2, -0.15) is 0 Å². The number of para-hydroxylation sites is 1. The predicted molar refractivity (Wildman–Crippen MR) is 74.7 cm³/mol. The highest BCUT2D eigenvalue weighted by atomic mass is 32.2. The maximum Gasteiger partial charge on any atom is 0.313 e. The Labute approximate surface area is 116 Å². The Morgan fingerprint density at radius 2 is 2.05 bits per heavy atom. The summed E-state index contributed by atoms with van der Waals surface area (Å²) in [4.78, 5) is 21.7. The number of amides is 1. The van der Waals surface area contributed by atoms with Crippen molar-refractivity contribution in [2.75, 3.05) is 25.2 Å². The van der Waals surface area contributed by atoms with E-state index in [1.54, 1.807) is 7.11 Å². The van der Waals surface area contributed by atoms with Crippen LogP contribution in [0.1, 0.15) is 5.56 Å². The largest absolute Gasteiger partial charge is 0.496 e. The van der Waals surface area contributed by atoms with Gasteiger partial charge in [-0.1, -0.05) is 18.2 Å². The number of hydrogen-bond acceptors (Lipinski definition) is 4. The number of thioether (sulfide) groups is 1. The van der Waals surface area contributed by atoms with E-state index in [0.717, 1.165) is 23.1 Å². The van der Waals surface area contributed by atoms with Crippen molar-refractivity contribution in [2.45, 2.75) is 6.42 Å². The quantitative estimate of drug-likeness (QED) is 0.749. The standard InChI is InChI=1S/C13H17NO4S/c1-18-11-5-3-2-4-10(11)6-7-14-12(15)8-19-9-13(16)17/h2-5H,6-9H2,1H3,(H,14,15)(H,16,17).